The molecule has 142 valence electrons. The van der Waals surface area contributed by atoms with Gasteiger partial charge in [0.25, 0.3) is 0 Å². The maximum Gasteiger partial charge on any atom is 0.244 e. The number of carbonyl (C=O) groups excluding carboxylic acids is 1. The first kappa shape index (κ1) is 20.4. The molecule has 0 saturated heterocycles. The summed E-state index contributed by atoms with van der Waals surface area (Å²) in [7, 11) is 1.65. The van der Waals surface area contributed by atoms with Crippen LogP contribution in [-0.2, 0) is 11.2 Å². The molecule has 2 aromatic rings. The number of benzene rings is 1. The lowest BCUT2D eigenvalue weighted by Gasteiger charge is -2.12. The first-order valence-corrected chi connectivity index (χ1v) is 9.27. The van der Waals surface area contributed by atoms with Crippen molar-refractivity contribution in [1.29, 1.82) is 0 Å². The summed E-state index contributed by atoms with van der Waals surface area (Å²) in [6.45, 7) is 4.05. The number of rotatable bonds is 9. The Morgan fingerprint density at radius 1 is 1.26 bits per heavy atom. The van der Waals surface area contributed by atoms with E-state index >= 15 is 0 Å². The topological polar surface area (TPSA) is 51.2 Å². The number of nitrogens with one attached hydrogen (secondary N) is 1. The molecule has 2 rings (SSSR count). The average molecular weight is 364 g/mol. The molecule has 0 fully saturated rings. The van der Waals surface area contributed by atoms with Gasteiger partial charge in [-0.25, -0.2) is 0 Å². The normalized spacial score (nSPS) is 12.8. The van der Waals surface area contributed by atoms with Crippen molar-refractivity contribution < 1.29 is 9.53 Å². The molecular formula is C23H28N2O2. The van der Waals surface area contributed by atoms with Crippen LogP contribution in [0.5, 0.6) is 5.75 Å². The van der Waals surface area contributed by atoms with Crippen molar-refractivity contribution >= 4 is 11.5 Å². The number of nitrogens with zero attached hydrogens (tertiary/aromatic N) is 1. The molecule has 0 aliphatic heterocycles. The number of allylic oxidation sites excluding steroid dienone is 3. The highest BCUT2D eigenvalue weighted by atomic mass is 16.5. The quantitative estimate of drug-likeness (QED) is 0.523. The van der Waals surface area contributed by atoms with Gasteiger partial charge in [-0.15, -0.1) is 0 Å². The van der Waals surface area contributed by atoms with Crippen LogP contribution >= 0.6 is 0 Å². The molecule has 0 aliphatic carbocycles. The molecule has 0 unspecified atom stereocenters. The third-order valence-electron chi connectivity index (χ3n) is 4.35. The third-order valence-corrected chi connectivity index (χ3v) is 4.35. The first-order valence-electron chi connectivity index (χ1n) is 9.27. The van der Waals surface area contributed by atoms with E-state index in [0.29, 0.717) is 0 Å². The zero-order valence-electron chi connectivity index (χ0n) is 16.3. The van der Waals surface area contributed by atoms with Gasteiger partial charge in [0.2, 0.25) is 5.91 Å². The van der Waals surface area contributed by atoms with E-state index in [2.05, 4.69) is 16.4 Å². The van der Waals surface area contributed by atoms with Crippen LogP contribution in [0.4, 0.5) is 0 Å². The molecule has 1 aromatic heterocycles. The van der Waals surface area contributed by atoms with Crippen LogP contribution in [0.2, 0.25) is 0 Å². The van der Waals surface area contributed by atoms with Gasteiger partial charge in [-0.05, 0) is 68.0 Å². The van der Waals surface area contributed by atoms with Crippen LogP contribution in [0.1, 0.15) is 37.8 Å². The summed E-state index contributed by atoms with van der Waals surface area (Å²) in [6, 6.07) is 12.0. The van der Waals surface area contributed by atoms with Crippen molar-refractivity contribution in [2.45, 2.75) is 39.2 Å². The van der Waals surface area contributed by atoms with Gasteiger partial charge in [0.05, 0.1) is 7.11 Å². The summed E-state index contributed by atoms with van der Waals surface area (Å²) in [4.78, 5) is 16.2. The number of methoxy groups -OCH3 is 1. The maximum absolute atomic E-state index is 12.0. The average Bonchev–Trinajstić information content (AvgIpc) is 2.68. The molecule has 1 amide bonds. The van der Waals surface area contributed by atoms with E-state index in [-0.39, 0.29) is 11.9 Å². The zero-order valence-corrected chi connectivity index (χ0v) is 16.3. The third kappa shape index (κ3) is 7.48. The van der Waals surface area contributed by atoms with E-state index < -0.39 is 0 Å². The van der Waals surface area contributed by atoms with Crippen molar-refractivity contribution in [3.05, 3.63) is 78.1 Å². The Morgan fingerprint density at radius 2 is 2.04 bits per heavy atom. The van der Waals surface area contributed by atoms with Crippen LogP contribution in [0.3, 0.4) is 0 Å². The van der Waals surface area contributed by atoms with Gasteiger partial charge in [-0.2, -0.15) is 0 Å². The lowest BCUT2D eigenvalue weighted by Crippen LogP contribution is -2.31. The predicted octanol–water partition coefficient (Wildman–Crippen LogP) is 4.58. The Bertz CT molecular complexity index is 765. The standard InChI is InChI=1S/C23H28N2O2/c1-18(21-12-14-22(27-3)15-13-21)7-4-11-23(26)25-19(2)8-5-9-20-10-6-16-24-17-20/h4,6-7,10-17,19H,5,8-9H2,1-3H3,(H,25,26)/b11-4+,18-7+/t19-/m1/s1. The second-order valence-electron chi connectivity index (χ2n) is 6.60. The number of pyridine rings is 1. The van der Waals surface area contributed by atoms with Gasteiger partial charge in [0.1, 0.15) is 5.75 Å². The smallest absolute Gasteiger partial charge is 0.244 e. The lowest BCUT2D eigenvalue weighted by molar-refractivity contribution is -0.117. The molecule has 1 N–H and O–H groups in total. The SMILES string of the molecule is COc1ccc(/C(C)=C/C=C/C(=O)N[C@H](C)CCCc2cccnc2)cc1. The van der Waals surface area contributed by atoms with Crippen molar-refractivity contribution in [1.82, 2.24) is 10.3 Å². The number of ether oxygens (including phenoxy) is 1. The number of aromatic nitrogens is 1. The van der Waals surface area contributed by atoms with Crippen LogP contribution in [0, 0.1) is 0 Å². The molecule has 27 heavy (non-hydrogen) atoms. The van der Waals surface area contributed by atoms with Crippen LogP contribution in [0.25, 0.3) is 5.57 Å². The van der Waals surface area contributed by atoms with Gasteiger partial charge in [-0.1, -0.05) is 30.4 Å². The van der Waals surface area contributed by atoms with Gasteiger partial charge in [0.15, 0.2) is 0 Å². The summed E-state index contributed by atoms with van der Waals surface area (Å²) in [5, 5.41) is 3.01. The van der Waals surface area contributed by atoms with E-state index in [4.69, 9.17) is 4.74 Å². The van der Waals surface area contributed by atoms with Crippen molar-refractivity contribution in [3.63, 3.8) is 0 Å². The van der Waals surface area contributed by atoms with E-state index in [1.807, 2.05) is 56.5 Å². The monoisotopic (exact) mass is 364 g/mol. The number of amides is 1. The summed E-state index contributed by atoms with van der Waals surface area (Å²) in [5.74, 6) is 0.765. The minimum absolute atomic E-state index is 0.0670. The van der Waals surface area contributed by atoms with E-state index in [9.17, 15) is 4.79 Å². The molecule has 4 heteroatoms. The zero-order chi connectivity index (χ0) is 19.5. The molecule has 0 spiro atoms. The van der Waals surface area contributed by atoms with Gasteiger partial charge >= 0.3 is 0 Å². The van der Waals surface area contributed by atoms with Gasteiger partial charge in [-0.3, -0.25) is 9.78 Å². The largest absolute Gasteiger partial charge is 0.497 e. The Labute approximate surface area is 162 Å². The fourth-order valence-corrected chi connectivity index (χ4v) is 2.75. The number of aryl methyl sites for hydroxylation is 1. The summed E-state index contributed by atoms with van der Waals surface area (Å²) in [5.41, 5.74) is 3.42. The number of hydrogen-bond acceptors (Lipinski definition) is 3. The molecular weight excluding hydrogens is 336 g/mol. The van der Waals surface area contributed by atoms with E-state index in [1.165, 1.54) is 5.56 Å². The highest BCUT2D eigenvalue weighted by molar-refractivity contribution is 5.88. The van der Waals surface area contributed by atoms with Crippen LogP contribution in [0.15, 0.2) is 67.0 Å². The second kappa shape index (κ2) is 11.0. The number of hydrogen-bond donors (Lipinski definition) is 1. The van der Waals surface area contributed by atoms with Crippen molar-refractivity contribution in [2.75, 3.05) is 7.11 Å². The maximum atomic E-state index is 12.0. The summed E-state index contributed by atoms with van der Waals surface area (Å²) >= 11 is 0. The summed E-state index contributed by atoms with van der Waals surface area (Å²) < 4.78 is 5.16. The Morgan fingerprint density at radius 3 is 2.70 bits per heavy atom. The van der Waals surface area contributed by atoms with Gasteiger partial charge < -0.3 is 10.1 Å². The molecule has 1 heterocycles. The molecule has 0 saturated carbocycles. The Kier molecular flexibility index (Phi) is 8.30. The fraction of sp³-hybridized carbons (Fsp3) is 0.304. The predicted molar refractivity (Wildman–Crippen MR) is 111 cm³/mol. The fourth-order valence-electron chi connectivity index (χ4n) is 2.75. The van der Waals surface area contributed by atoms with E-state index in [1.54, 1.807) is 25.5 Å². The molecule has 0 radical (unpaired) electrons. The highest BCUT2D eigenvalue weighted by Gasteiger charge is 2.04. The Balaban J connectivity index is 1.74. The first-order chi connectivity index (χ1) is 13.1. The number of carbonyl (C=O) groups is 1. The second-order valence-corrected chi connectivity index (χ2v) is 6.60. The molecule has 0 bridgehead atoms. The van der Waals surface area contributed by atoms with Crippen molar-refractivity contribution in [2.24, 2.45) is 0 Å². The molecule has 1 aromatic carbocycles. The summed E-state index contributed by atoms with van der Waals surface area (Å²) in [6.07, 6.45) is 11.9. The van der Waals surface area contributed by atoms with E-state index in [0.717, 1.165) is 36.1 Å². The molecule has 4 nitrogen and oxygen atoms in total. The molecule has 1 atom stereocenters. The minimum atomic E-state index is -0.0670. The Hall–Kier alpha value is -2.88. The van der Waals surface area contributed by atoms with Crippen LogP contribution in [-0.4, -0.2) is 24.0 Å². The lowest BCUT2D eigenvalue weighted by atomic mass is 10.1. The van der Waals surface area contributed by atoms with Crippen LogP contribution < -0.4 is 10.1 Å². The van der Waals surface area contributed by atoms with Crippen molar-refractivity contribution in [3.8, 4) is 5.75 Å². The minimum Gasteiger partial charge on any atom is -0.497 e. The van der Waals surface area contributed by atoms with Gasteiger partial charge in [0, 0.05) is 24.5 Å². The molecule has 0 aliphatic rings. The highest BCUT2D eigenvalue weighted by Crippen LogP contribution is 2.18.